The lowest BCUT2D eigenvalue weighted by Gasteiger charge is -2.30. The molecule has 2 aliphatic carbocycles. The highest BCUT2D eigenvalue weighted by atomic mass is 35.5. The van der Waals surface area contributed by atoms with Gasteiger partial charge in [-0.15, -0.1) is 0 Å². The van der Waals surface area contributed by atoms with Gasteiger partial charge in [-0.2, -0.15) is 0 Å². The largest absolute Gasteiger partial charge is 0.369 e. The summed E-state index contributed by atoms with van der Waals surface area (Å²) in [7, 11) is 3.36. The maximum atomic E-state index is 13.2. The van der Waals surface area contributed by atoms with Crippen molar-refractivity contribution in [1.29, 1.82) is 0 Å². The predicted octanol–water partition coefficient (Wildman–Crippen LogP) is 7.35. The van der Waals surface area contributed by atoms with Crippen LogP contribution in [0.4, 0.5) is 0 Å². The van der Waals surface area contributed by atoms with Crippen molar-refractivity contribution in [3.63, 3.8) is 0 Å². The van der Waals surface area contributed by atoms with Crippen LogP contribution in [-0.2, 0) is 19.9 Å². The summed E-state index contributed by atoms with van der Waals surface area (Å²) in [6.45, 7) is 3.37. The summed E-state index contributed by atoms with van der Waals surface area (Å²) >= 11 is 12.1. The predicted molar refractivity (Wildman–Crippen MR) is 212 cm³/mol. The van der Waals surface area contributed by atoms with Crippen molar-refractivity contribution in [3.8, 4) is 11.1 Å². The monoisotopic (exact) mass is 763 g/mol. The molecule has 1 unspecified atom stereocenters. The second-order valence-corrected chi connectivity index (χ2v) is 17.0. The zero-order valence-corrected chi connectivity index (χ0v) is 33.0. The summed E-state index contributed by atoms with van der Waals surface area (Å²) < 4.78 is 0. The first-order valence-electron chi connectivity index (χ1n) is 19.4. The average Bonchev–Trinajstić information content (AvgIpc) is 3.92. The molecule has 3 amide bonds. The molecule has 2 aromatic carbocycles. The smallest absolute Gasteiger partial charge is 0.261 e. The number of nitrogens with two attached hydrogens (primary N) is 2. The number of carbonyl (C=O) groups excluding carboxylic acids is 3. The summed E-state index contributed by atoms with van der Waals surface area (Å²) in [5, 5.41) is 1.12. The van der Waals surface area contributed by atoms with Gasteiger partial charge >= 0.3 is 0 Å². The third kappa shape index (κ3) is 8.69. The molecule has 0 bridgehead atoms. The molecule has 286 valence electrons. The van der Waals surface area contributed by atoms with Crippen molar-refractivity contribution < 1.29 is 14.4 Å². The van der Waals surface area contributed by atoms with Crippen LogP contribution in [0.1, 0.15) is 102 Å². The molecule has 5 aliphatic rings. The van der Waals surface area contributed by atoms with Crippen molar-refractivity contribution in [3.05, 3.63) is 58.1 Å². The van der Waals surface area contributed by atoms with Crippen LogP contribution < -0.4 is 11.5 Å². The SMILES string of the molecule is CN1C(=O)C(C)(c2cccc(-c3cc(Cl)cc(Cl)c3)c2)N=C1N.CN1C(=O)[C@](CCC2CCCCC2)(C[C@H]2CCN(C(=O)CC3CCCC3)C2)N=C1N. The number of likely N-dealkylation sites (tertiary alicyclic amines) is 1. The molecule has 2 aromatic rings. The number of amides is 3. The van der Waals surface area contributed by atoms with E-state index in [0.29, 0.717) is 40.2 Å². The first kappa shape index (κ1) is 39.1. The van der Waals surface area contributed by atoms with Crippen LogP contribution in [0.2, 0.25) is 10.0 Å². The Labute approximate surface area is 324 Å². The molecule has 53 heavy (non-hydrogen) atoms. The minimum absolute atomic E-state index is 0.0616. The van der Waals surface area contributed by atoms with Gasteiger partial charge in [0.2, 0.25) is 5.91 Å². The van der Waals surface area contributed by atoms with E-state index in [2.05, 4.69) is 4.99 Å². The van der Waals surface area contributed by atoms with E-state index in [1.165, 1.54) is 62.7 Å². The highest BCUT2D eigenvalue weighted by molar-refractivity contribution is 6.35. The molecule has 7 rings (SSSR count). The van der Waals surface area contributed by atoms with Gasteiger partial charge < -0.3 is 16.4 Å². The van der Waals surface area contributed by atoms with Crippen LogP contribution in [0.3, 0.4) is 0 Å². The van der Waals surface area contributed by atoms with Crippen LogP contribution in [0, 0.1) is 17.8 Å². The summed E-state index contributed by atoms with van der Waals surface area (Å²) in [4.78, 5) is 52.5. The lowest BCUT2D eigenvalue weighted by atomic mass is 9.78. The minimum Gasteiger partial charge on any atom is -0.369 e. The average molecular weight is 765 g/mol. The Hall–Kier alpha value is -3.63. The van der Waals surface area contributed by atoms with Crippen LogP contribution in [0.5, 0.6) is 0 Å². The highest BCUT2D eigenvalue weighted by Gasteiger charge is 2.49. The highest BCUT2D eigenvalue weighted by Crippen LogP contribution is 2.40. The molecule has 12 heteroatoms. The van der Waals surface area contributed by atoms with E-state index >= 15 is 0 Å². The second-order valence-electron chi connectivity index (χ2n) is 16.1. The summed E-state index contributed by atoms with van der Waals surface area (Å²) in [6, 6.07) is 12.9. The van der Waals surface area contributed by atoms with Gasteiger partial charge in [-0.05, 0) is 104 Å². The number of guanidine groups is 2. The van der Waals surface area contributed by atoms with E-state index in [1.807, 2.05) is 41.3 Å². The molecule has 3 fully saturated rings. The molecule has 2 saturated carbocycles. The maximum absolute atomic E-state index is 13.2. The van der Waals surface area contributed by atoms with E-state index < -0.39 is 11.1 Å². The van der Waals surface area contributed by atoms with Crippen LogP contribution in [-0.4, -0.2) is 77.1 Å². The van der Waals surface area contributed by atoms with Crippen molar-refractivity contribution in [2.45, 2.75) is 108 Å². The number of hydrogen-bond donors (Lipinski definition) is 2. The van der Waals surface area contributed by atoms with Gasteiger partial charge in [-0.1, -0.05) is 86.3 Å². The molecule has 1 saturated heterocycles. The first-order valence-corrected chi connectivity index (χ1v) is 20.2. The van der Waals surface area contributed by atoms with Gasteiger partial charge in [0.1, 0.15) is 5.54 Å². The van der Waals surface area contributed by atoms with Gasteiger partial charge in [0.25, 0.3) is 11.8 Å². The van der Waals surface area contributed by atoms with Crippen molar-refractivity contribution in [1.82, 2.24) is 14.7 Å². The molecule has 3 heterocycles. The molecule has 0 radical (unpaired) electrons. The van der Waals surface area contributed by atoms with Gasteiger partial charge in [0.05, 0.1) is 0 Å². The lowest BCUT2D eigenvalue weighted by molar-refractivity contribution is -0.132. The Bertz CT molecular complexity index is 1730. The second kappa shape index (κ2) is 16.4. The fourth-order valence-corrected chi connectivity index (χ4v) is 9.59. The standard InChI is InChI=1S/C24H40N4O2.C17H15Cl2N3O/c1-27-22(30)24(26-23(27)25,13-11-18-7-3-2-4-8-18)16-20-12-14-28(17-20)21(29)15-19-9-5-6-10-19;1-17(15(23)22(2)16(20)21-17)12-5-3-4-10(6-12)11-7-13(18)9-14(19)8-11/h18-20H,2-17H2,1H3,(H2,25,26);3-9H,1-2H3,(H2,20,21)/t20-,24+;/m1./s1. The number of nitrogens with zero attached hydrogens (tertiary/aromatic N) is 5. The zero-order chi connectivity index (χ0) is 37.9. The summed E-state index contributed by atoms with van der Waals surface area (Å²) in [6.07, 6.45) is 15.8. The summed E-state index contributed by atoms with van der Waals surface area (Å²) in [5.74, 6) is 2.45. The van der Waals surface area contributed by atoms with Crippen LogP contribution in [0.15, 0.2) is 52.4 Å². The molecule has 3 atom stereocenters. The molecule has 4 N–H and O–H groups in total. The van der Waals surface area contributed by atoms with E-state index in [9.17, 15) is 14.4 Å². The first-order chi connectivity index (χ1) is 25.3. The fraction of sp³-hybridized carbons (Fsp3) is 0.585. The quantitative estimate of drug-likeness (QED) is 0.275. The Balaban J connectivity index is 0.000000188. The van der Waals surface area contributed by atoms with E-state index in [1.54, 1.807) is 32.0 Å². The van der Waals surface area contributed by atoms with E-state index in [-0.39, 0.29) is 17.8 Å². The molecule has 3 aliphatic heterocycles. The normalized spacial score (nSPS) is 26.6. The number of halogens is 2. The fourth-order valence-electron chi connectivity index (χ4n) is 9.06. The van der Waals surface area contributed by atoms with Crippen molar-refractivity contribution in [2.75, 3.05) is 27.2 Å². The summed E-state index contributed by atoms with van der Waals surface area (Å²) in [5.41, 5.74) is 12.7. The third-order valence-electron chi connectivity index (χ3n) is 12.3. The third-order valence-corrected chi connectivity index (χ3v) is 12.7. The van der Waals surface area contributed by atoms with Gasteiger partial charge in [0.15, 0.2) is 17.5 Å². The van der Waals surface area contributed by atoms with Gasteiger partial charge in [-0.3, -0.25) is 24.2 Å². The molecule has 10 nitrogen and oxygen atoms in total. The number of rotatable bonds is 9. The van der Waals surface area contributed by atoms with Crippen LogP contribution >= 0.6 is 23.2 Å². The van der Waals surface area contributed by atoms with Gasteiger partial charge in [0, 0.05) is 43.7 Å². The van der Waals surface area contributed by atoms with E-state index in [4.69, 9.17) is 39.7 Å². The van der Waals surface area contributed by atoms with E-state index in [0.717, 1.165) is 61.4 Å². The lowest BCUT2D eigenvalue weighted by Crippen LogP contribution is -2.44. The Kier molecular flexibility index (Phi) is 12.1. The molecular weight excluding hydrogens is 709 g/mol. The molecule has 0 spiro atoms. The Morgan fingerprint density at radius 2 is 1.42 bits per heavy atom. The topological polar surface area (TPSA) is 138 Å². The Morgan fingerprint density at radius 1 is 0.792 bits per heavy atom. The van der Waals surface area contributed by atoms with Crippen LogP contribution in [0.25, 0.3) is 11.1 Å². The van der Waals surface area contributed by atoms with Gasteiger partial charge in [-0.25, -0.2) is 9.98 Å². The van der Waals surface area contributed by atoms with Crippen molar-refractivity contribution >= 4 is 52.8 Å². The number of carbonyl (C=O) groups is 3. The molecular formula is C41H55Cl2N7O3. The number of hydrogen-bond acceptors (Lipinski definition) is 7. The minimum atomic E-state index is -1.02. The zero-order valence-electron chi connectivity index (χ0n) is 31.5. The number of aliphatic imine (C=N–C) groups is 2. The Morgan fingerprint density at radius 3 is 2.04 bits per heavy atom. The van der Waals surface area contributed by atoms with Crippen molar-refractivity contribution in [2.24, 2.45) is 39.2 Å². The number of benzene rings is 2. The maximum Gasteiger partial charge on any atom is 0.261 e. The molecule has 0 aromatic heterocycles. The number of likely N-dealkylation sites (N-methyl/N-ethyl adjacent to an activating group) is 2.